The third kappa shape index (κ3) is 3.95. The minimum absolute atomic E-state index is 0.0346. The highest BCUT2D eigenvalue weighted by Crippen LogP contribution is 2.32. The first-order valence-corrected chi connectivity index (χ1v) is 10.2. The Hall–Kier alpha value is -2.95. The van der Waals surface area contributed by atoms with Crippen LogP contribution < -0.4 is 14.8 Å². The number of benzene rings is 2. The van der Waals surface area contributed by atoms with Crippen molar-refractivity contribution in [1.29, 1.82) is 0 Å². The summed E-state index contributed by atoms with van der Waals surface area (Å²) in [6, 6.07) is 12.4. The zero-order valence-corrected chi connectivity index (χ0v) is 17.3. The van der Waals surface area contributed by atoms with Crippen molar-refractivity contribution in [3.05, 3.63) is 58.8 Å². The third-order valence-corrected chi connectivity index (χ3v) is 5.87. The highest BCUT2D eigenvalue weighted by atomic mass is 16.5. The van der Waals surface area contributed by atoms with Crippen LogP contribution in [0.15, 0.2) is 36.4 Å². The average Bonchev–Trinajstić information content (AvgIpc) is 3.10. The molecule has 0 bridgehead atoms. The number of aryl methyl sites for hydroxylation is 2. The van der Waals surface area contributed by atoms with Crippen molar-refractivity contribution in [3.8, 4) is 11.5 Å². The lowest BCUT2D eigenvalue weighted by Crippen LogP contribution is -2.35. The zero-order valence-electron chi connectivity index (χ0n) is 17.3. The summed E-state index contributed by atoms with van der Waals surface area (Å²) in [4.78, 5) is 16.3. The van der Waals surface area contributed by atoms with Crippen molar-refractivity contribution >= 4 is 16.8 Å². The van der Waals surface area contributed by atoms with Crippen LogP contribution in [0.3, 0.4) is 0 Å². The lowest BCUT2D eigenvalue weighted by atomic mass is 9.85. The molecule has 1 atom stereocenters. The topological polar surface area (TPSA) is 63.3 Å². The Bertz CT molecular complexity index is 1040. The number of ether oxygens (including phenoxy) is 2. The van der Waals surface area contributed by atoms with Crippen molar-refractivity contribution in [2.45, 2.75) is 32.6 Å². The predicted molar refractivity (Wildman–Crippen MR) is 115 cm³/mol. The van der Waals surface area contributed by atoms with Gasteiger partial charge >= 0.3 is 0 Å². The first-order valence-electron chi connectivity index (χ1n) is 10.2. The van der Waals surface area contributed by atoms with E-state index in [2.05, 4.69) is 35.4 Å². The van der Waals surface area contributed by atoms with Gasteiger partial charge in [-0.1, -0.05) is 17.7 Å². The third-order valence-electron chi connectivity index (χ3n) is 5.87. The average molecular weight is 392 g/mol. The number of rotatable bonds is 6. The summed E-state index contributed by atoms with van der Waals surface area (Å²) in [5.74, 6) is 1.61. The first kappa shape index (κ1) is 19.4. The molecule has 5 heteroatoms. The van der Waals surface area contributed by atoms with Crippen LogP contribution in [0, 0.1) is 12.8 Å². The molecule has 1 heterocycles. The molecule has 0 fully saturated rings. The molecule has 1 amide bonds. The maximum Gasteiger partial charge on any atom is 0.223 e. The van der Waals surface area contributed by atoms with Gasteiger partial charge in [0.25, 0.3) is 0 Å². The molecule has 4 rings (SSSR count). The van der Waals surface area contributed by atoms with Gasteiger partial charge in [0, 0.05) is 29.1 Å². The summed E-state index contributed by atoms with van der Waals surface area (Å²) < 4.78 is 10.6. The van der Waals surface area contributed by atoms with E-state index in [-0.39, 0.29) is 11.8 Å². The molecule has 1 aliphatic rings. The summed E-state index contributed by atoms with van der Waals surface area (Å²) in [5.41, 5.74) is 6.15. The Labute approximate surface area is 171 Å². The molecule has 5 nitrogen and oxygen atoms in total. The summed E-state index contributed by atoms with van der Waals surface area (Å²) in [7, 11) is 3.26. The van der Waals surface area contributed by atoms with E-state index in [1.807, 2.05) is 18.2 Å². The van der Waals surface area contributed by atoms with Gasteiger partial charge in [-0.05, 0) is 68.0 Å². The van der Waals surface area contributed by atoms with Gasteiger partial charge in [0.05, 0.1) is 14.2 Å². The monoisotopic (exact) mass is 392 g/mol. The highest BCUT2D eigenvalue weighted by Gasteiger charge is 2.27. The number of hydrogen-bond donors (Lipinski definition) is 2. The van der Waals surface area contributed by atoms with Gasteiger partial charge in [-0.3, -0.25) is 4.79 Å². The molecule has 29 heavy (non-hydrogen) atoms. The van der Waals surface area contributed by atoms with Crippen LogP contribution in [0.1, 0.15) is 28.8 Å². The highest BCUT2D eigenvalue weighted by molar-refractivity contribution is 5.87. The second-order valence-corrected chi connectivity index (χ2v) is 7.80. The van der Waals surface area contributed by atoms with E-state index in [0.717, 1.165) is 31.2 Å². The van der Waals surface area contributed by atoms with Gasteiger partial charge < -0.3 is 19.8 Å². The lowest BCUT2D eigenvalue weighted by Gasteiger charge is -2.22. The van der Waals surface area contributed by atoms with Crippen LogP contribution in [-0.4, -0.2) is 31.7 Å². The smallest absolute Gasteiger partial charge is 0.223 e. The molecule has 1 unspecified atom stereocenters. The fourth-order valence-corrected chi connectivity index (χ4v) is 4.27. The number of H-pyrrole nitrogens is 1. The van der Waals surface area contributed by atoms with Gasteiger partial charge in [0.2, 0.25) is 5.91 Å². The molecule has 0 saturated carbocycles. The second-order valence-electron chi connectivity index (χ2n) is 7.80. The van der Waals surface area contributed by atoms with Crippen molar-refractivity contribution in [1.82, 2.24) is 10.3 Å². The molecular formula is C24H28N2O3. The number of carbonyl (C=O) groups excluding carboxylic acids is 1. The van der Waals surface area contributed by atoms with Crippen LogP contribution in [0.5, 0.6) is 11.5 Å². The van der Waals surface area contributed by atoms with Crippen molar-refractivity contribution in [3.63, 3.8) is 0 Å². The number of nitrogens with one attached hydrogen (secondary N) is 2. The summed E-state index contributed by atoms with van der Waals surface area (Å²) in [6.07, 6.45) is 3.38. The van der Waals surface area contributed by atoms with Crippen LogP contribution in [0.2, 0.25) is 0 Å². The Morgan fingerprint density at radius 1 is 1.14 bits per heavy atom. The minimum Gasteiger partial charge on any atom is -0.493 e. The van der Waals surface area contributed by atoms with Gasteiger partial charge in [-0.25, -0.2) is 0 Å². The van der Waals surface area contributed by atoms with E-state index in [0.29, 0.717) is 18.0 Å². The van der Waals surface area contributed by atoms with E-state index in [1.165, 1.54) is 27.7 Å². The molecule has 0 aliphatic heterocycles. The number of carbonyl (C=O) groups is 1. The van der Waals surface area contributed by atoms with Gasteiger partial charge in [0.1, 0.15) is 0 Å². The fourth-order valence-electron chi connectivity index (χ4n) is 4.27. The van der Waals surface area contributed by atoms with E-state index in [1.54, 1.807) is 14.2 Å². The predicted octanol–water partition coefficient (Wildman–Crippen LogP) is 3.96. The number of aromatic amines is 1. The van der Waals surface area contributed by atoms with E-state index >= 15 is 0 Å². The second kappa shape index (κ2) is 8.19. The van der Waals surface area contributed by atoms with Crippen LogP contribution in [-0.2, 0) is 24.1 Å². The number of amides is 1. The van der Waals surface area contributed by atoms with Crippen molar-refractivity contribution in [2.24, 2.45) is 5.92 Å². The fraction of sp³-hybridized carbons (Fsp3) is 0.375. The number of aromatic nitrogens is 1. The van der Waals surface area contributed by atoms with Gasteiger partial charge in [-0.2, -0.15) is 0 Å². The maximum atomic E-state index is 12.8. The Balaban J connectivity index is 1.38. The normalized spacial score (nSPS) is 15.8. The van der Waals surface area contributed by atoms with Crippen LogP contribution in [0.25, 0.3) is 10.9 Å². The SMILES string of the molecule is COc1ccc(CCNC(=O)C2CCc3[nH]c4ccc(C)cc4c3C2)cc1OC. The van der Waals surface area contributed by atoms with E-state index in [9.17, 15) is 4.79 Å². The molecule has 0 spiro atoms. The number of fused-ring (bicyclic) bond motifs is 3. The van der Waals surface area contributed by atoms with Crippen molar-refractivity contribution in [2.75, 3.05) is 20.8 Å². The standard InChI is InChI=1S/C24H28N2O3/c1-15-4-7-20-18(12-15)19-14-17(6-8-21(19)26-20)24(27)25-11-10-16-5-9-22(28-2)23(13-16)29-3/h4-5,7,9,12-13,17,26H,6,8,10-11,14H2,1-3H3,(H,25,27). The summed E-state index contributed by atoms with van der Waals surface area (Å²) in [5, 5.41) is 4.39. The molecule has 152 valence electrons. The van der Waals surface area contributed by atoms with Crippen molar-refractivity contribution < 1.29 is 14.3 Å². The molecule has 3 aromatic rings. The van der Waals surface area contributed by atoms with E-state index in [4.69, 9.17) is 9.47 Å². The molecule has 2 aromatic carbocycles. The molecular weight excluding hydrogens is 364 g/mol. The molecule has 2 N–H and O–H groups in total. The zero-order chi connectivity index (χ0) is 20.4. The first-order chi connectivity index (χ1) is 14.1. The largest absolute Gasteiger partial charge is 0.493 e. The lowest BCUT2D eigenvalue weighted by molar-refractivity contribution is -0.125. The Morgan fingerprint density at radius 3 is 2.76 bits per heavy atom. The van der Waals surface area contributed by atoms with Crippen LogP contribution >= 0.6 is 0 Å². The quantitative estimate of drug-likeness (QED) is 0.667. The van der Waals surface area contributed by atoms with Gasteiger partial charge in [-0.15, -0.1) is 0 Å². The molecule has 0 saturated heterocycles. The van der Waals surface area contributed by atoms with Gasteiger partial charge in [0.15, 0.2) is 11.5 Å². The molecule has 0 radical (unpaired) electrons. The molecule has 1 aromatic heterocycles. The Kier molecular flexibility index (Phi) is 5.47. The summed E-state index contributed by atoms with van der Waals surface area (Å²) >= 11 is 0. The Morgan fingerprint density at radius 2 is 1.97 bits per heavy atom. The maximum absolute atomic E-state index is 12.8. The minimum atomic E-state index is 0.0346. The molecule has 1 aliphatic carbocycles. The number of hydrogen-bond acceptors (Lipinski definition) is 3. The van der Waals surface area contributed by atoms with E-state index < -0.39 is 0 Å². The number of methoxy groups -OCH3 is 2. The van der Waals surface area contributed by atoms with Crippen LogP contribution in [0.4, 0.5) is 0 Å². The summed E-state index contributed by atoms with van der Waals surface area (Å²) in [6.45, 7) is 2.73.